The number of nitrogens with zero attached hydrogens (tertiary/aromatic N) is 1. The summed E-state index contributed by atoms with van der Waals surface area (Å²) in [4.78, 5) is 2.16. The van der Waals surface area contributed by atoms with Gasteiger partial charge in [0.25, 0.3) is 6.43 Å². The first kappa shape index (κ1) is 17.0. The molecule has 0 unspecified atom stereocenters. The van der Waals surface area contributed by atoms with E-state index < -0.39 is 19.1 Å². The molecule has 0 aromatic heterocycles. The van der Waals surface area contributed by atoms with Gasteiger partial charge in [-0.2, -0.15) is 0 Å². The number of fused-ring (bicyclic) bond motifs is 1. The van der Waals surface area contributed by atoms with E-state index in [1.54, 1.807) is 6.07 Å². The molecule has 24 heavy (non-hydrogen) atoms. The lowest BCUT2D eigenvalue weighted by molar-refractivity contribution is 0.0803. The Morgan fingerprint density at radius 2 is 2.12 bits per heavy atom. The van der Waals surface area contributed by atoms with Crippen molar-refractivity contribution in [3.05, 3.63) is 35.5 Å². The zero-order valence-electron chi connectivity index (χ0n) is 14.0. The smallest absolute Gasteiger partial charge is 0.272 e. The van der Waals surface area contributed by atoms with E-state index in [2.05, 4.69) is 4.90 Å². The fourth-order valence-corrected chi connectivity index (χ4v) is 3.85. The molecule has 0 spiro atoms. The number of likely N-dealkylation sites (N-methyl/N-ethyl adjacent to an activating group) is 1. The molecule has 0 saturated carbocycles. The second-order valence-corrected chi connectivity index (χ2v) is 6.48. The molecule has 1 N–H and O–H groups in total. The van der Waals surface area contributed by atoms with E-state index in [4.69, 9.17) is 9.47 Å². The first-order chi connectivity index (χ1) is 11.5. The van der Waals surface area contributed by atoms with E-state index in [9.17, 15) is 13.9 Å². The Hall–Kier alpha value is -1.82. The van der Waals surface area contributed by atoms with Crippen LogP contribution in [0.5, 0.6) is 11.5 Å². The Labute approximate surface area is 140 Å². The Morgan fingerprint density at radius 1 is 1.33 bits per heavy atom. The van der Waals surface area contributed by atoms with Crippen molar-refractivity contribution in [2.45, 2.75) is 37.2 Å². The van der Waals surface area contributed by atoms with Crippen molar-refractivity contribution in [1.82, 2.24) is 4.90 Å². The van der Waals surface area contributed by atoms with Crippen LogP contribution < -0.4 is 9.47 Å². The van der Waals surface area contributed by atoms with Gasteiger partial charge in [-0.05, 0) is 43.0 Å². The maximum absolute atomic E-state index is 12.5. The maximum Gasteiger partial charge on any atom is 0.272 e. The molecule has 0 amide bonds. The normalized spacial score (nSPS) is 26.3. The highest BCUT2D eigenvalue weighted by Crippen LogP contribution is 2.50. The highest BCUT2D eigenvalue weighted by atomic mass is 19.3. The predicted octanol–water partition coefficient (Wildman–Crippen LogP) is 2.95. The molecule has 3 rings (SSSR count). The fraction of sp³-hybridized carbons (Fsp3) is 0.556. The van der Waals surface area contributed by atoms with Gasteiger partial charge in [0.2, 0.25) is 0 Å². The fourth-order valence-electron chi connectivity index (χ4n) is 3.85. The van der Waals surface area contributed by atoms with Gasteiger partial charge >= 0.3 is 0 Å². The van der Waals surface area contributed by atoms with E-state index in [0.717, 1.165) is 30.6 Å². The number of hydrogen-bond donors (Lipinski definition) is 1. The Kier molecular flexibility index (Phi) is 4.67. The lowest BCUT2D eigenvalue weighted by Gasteiger charge is -2.37. The van der Waals surface area contributed by atoms with Gasteiger partial charge in [-0.3, -0.25) is 0 Å². The minimum absolute atomic E-state index is 0.191. The summed E-state index contributed by atoms with van der Waals surface area (Å²) < 4.78 is 35.5. The summed E-state index contributed by atoms with van der Waals surface area (Å²) >= 11 is 0. The molecule has 1 fully saturated rings. The monoisotopic (exact) mass is 339 g/mol. The average molecular weight is 339 g/mol. The average Bonchev–Trinajstić information content (AvgIpc) is 2.90. The van der Waals surface area contributed by atoms with Gasteiger partial charge in [0.05, 0.1) is 13.2 Å². The van der Waals surface area contributed by atoms with Gasteiger partial charge in [0.1, 0.15) is 6.61 Å². The number of aliphatic hydroxyl groups excluding tert-OH is 1. The van der Waals surface area contributed by atoms with E-state index in [0.29, 0.717) is 17.9 Å². The number of benzene rings is 1. The molecule has 0 bridgehead atoms. The van der Waals surface area contributed by atoms with Crippen molar-refractivity contribution < 1.29 is 23.4 Å². The summed E-state index contributed by atoms with van der Waals surface area (Å²) in [5.74, 6) is 0.785. The van der Waals surface area contributed by atoms with Gasteiger partial charge in [-0.15, -0.1) is 0 Å². The molecule has 6 heteroatoms. The van der Waals surface area contributed by atoms with Crippen LogP contribution in [0.4, 0.5) is 8.78 Å². The molecule has 1 saturated heterocycles. The van der Waals surface area contributed by atoms with Crippen LogP contribution in [0.1, 0.15) is 24.8 Å². The second kappa shape index (κ2) is 6.59. The minimum atomic E-state index is -2.53. The van der Waals surface area contributed by atoms with Gasteiger partial charge in [0.15, 0.2) is 11.5 Å². The number of allylic oxidation sites excluding steroid dienone is 1. The van der Waals surface area contributed by atoms with Crippen LogP contribution in [0.3, 0.4) is 0 Å². The van der Waals surface area contributed by atoms with Crippen molar-refractivity contribution in [3.63, 3.8) is 0 Å². The highest BCUT2D eigenvalue weighted by molar-refractivity contribution is 5.49. The third kappa shape index (κ3) is 2.95. The molecular weight excluding hydrogens is 316 g/mol. The van der Waals surface area contributed by atoms with Crippen LogP contribution in [0.2, 0.25) is 0 Å². The zero-order chi connectivity index (χ0) is 17.3. The molecule has 4 nitrogen and oxygen atoms in total. The number of hydrogen-bond acceptors (Lipinski definition) is 4. The van der Waals surface area contributed by atoms with E-state index >= 15 is 0 Å². The van der Waals surface area contributed by atoms with Crippen molar-refractivity contribution in [2.75, 3.05) is 27.3 Å². The second-order valence-electron chi connectivity index (χ2n) is 6.48. The van der Waals surface area contributed by atoms with Crippen LogP contribution in [-0.2, 0) is 5.41 Å². The molecule has 1 aliphatic heterocycles. The van der Waals surface area contributed by atoms with E-state index in [1.165, 1.54) is 7.11 Å². The molecule has 0 radical (unpaired) electrons. The van der Waals surface area contributed by atoms with E-state index in [1.807, 2.05) is 25.3 Å². The number of ether oxygens (including phenoxy) is 2. The zero-order valence-corrected chi connectivity index (χ0v) is 14.0. The molecule has 1 aliphatic carbocycles. The van der Waals surface area contributed by atoms with Crippen LogP contribution in [-0.4, -0.2) is 49.8 Å². The minimum Gasteiger partial charge on any atom is -0.493 e. The van der Waals surface area contributed by atoms with Crippen LogP contribution in [0.15, 0.2) is 30.0 Å². The third-order valence-electron chi connectivity index (χ3n) is 5.07. The summed E-state index contributed by atoms with van der Waals surface area (Å²) in [6, 6.07) is 5.55. The Bertz CT molecular complexity index is 635. The first-order valence-corrected chi connectivity index (χ1v) is 8.17. The van der Waals surface area contributed by atoms with Gasteiger partial charge < -0.3 is 19.5 Å². The molecule has 2 atom stereocenters. The molecule has 1 heterocycles. The highest BCUT2D eigenvalue weighted by Gasteiger charge is 2.45. The van der Waals surface area contributed by atoms with Crippen LogP contribution >= 0.6 is 0 Å². The van der Waals surface area contributed by atoms with Crippen LogP contribution in [0.25, 0.3) is 0 Å². The predicted molar refractivity (Wildman–Crippen MR) is 86.7 cm³/mol. The SMILES string of the molecule is COc1ccc([C@@]23CC[C@H](O)C=C2N(C)CC3)cc1OCC(F)F. The maximum atomic E-state index is 12.5. The molecule has 1 aromatic carbocycles. The number of aliphatic hydroxyl groups is 1. The molecule has 1 aromatic rings. The largest absolute Gasteiger partial charge is 0.493 e. The summed E-state index contributed by atoms with van der Waals surface area (Å²) in [6.45, 7) is 0.242. The number of rotatable bonds is 5. The van der Waals surface area contributed by atoms with E-state index in [-0.39, 0.29) is 5.41 Å². The molecular formula is C18H23F2NO3. The standard InChI is InChI=1S/C18H23F2NO3/c1-21-8-7-18(6-5-13(22)10-16(18)21)12-3-4-14(23-2)15(9-12)24-11-17(19)20/h3-4,9-10,13,17,22H,5-8,11H2,1-2H3/t13-,18-/m0/s1. The van der Waals surface area contributed by atoms with Crippen molar-refractivity contribution >= 4 is 0 Å². The first-order valence-electron chi connectivity index (χ1n) is 8.17. The lowest BCUT2D eigenvalue weighted by Crippen LogP contribution is -2.33. The number of halogens is 2. The van der Waals surface area contributed by atoms with Crippen LogP contribution in [0, 0.1) is 0 Å². The topological polar surface area (TPSA) is 41.9 Å². The molecule has 2 aliphatic rings. The van der Waals surface area contributed by atoms with Gasteiger partial charge in [0, 0.05) is 24.7 Å². The summed E-state index contributed by atoms with van der Waals surface area (Å²) in [5, 5.41) is 9.99. The number of alkyl halides is 2. The quantitative estimate of drug-likeness (QED) is 0.896. The number of methoxy groups -OCH3 is 1. The Balaban J connectivity index is 1.99. The van der Waals surface area contributed by atoms with Gasteiger partial charge in [-0.1, -0.05) is 6.07 Å². The summed E-state index contributed by atoms with van der Waals surface area (Å²) in [5.41, 5.74) is 1.93. The van der Waals surface area contributed by atoms with Crippen molar-refractivity contribution in [1.29, 1.82) is 0 Å². The molecule has 132 valence electrons. The third-order valence-corrected chi connectivity index (χ3v) is 5.07. The summed E-state index contributed by atoms with van der Waals surface area (Å²) in [6.07, 6.45) is 1.40. The number of likely N-dealkylation sites (tertiary alicyclic amines) is 1. The van der Waals surface area contributed by atoms with Crippen molar-refractivity contribution in [2.24, 2.45) is 0 Å². The van der Waals surface area contributed by atoms with Crippen molar-refractivity contribution in [3.8, 4) is 11.5 Å². The summed E-state index contributed by atoms with van der Waals surface area (Å²) in [7, 11) is 3.51. The Morgan fingerprint density at radius 3 is 2.83 bits per heavy atom. The lowest BCUT2D eigenvalue weighted by atomic mass is 9.70. The van der Waals surface area contributed by atoms with Gasteiger partial charge in [-0.25, -0.2) is 8.78 Å².